The van der Waals surface area contributed by atoms with E-state index in [1.54, 1.807) is 0 Å². The van der Waals surface area contributed by atoms with Crippen LogP contribution in [0.1, 0.15) is 6.42 Å². The number of halogens is 3. The molecule has 1 aliphatic heterocycles. The van der Waals surface area contributed by atoms with E-state index in [0.29, 0.717) is 0 Å². The fourth-order valence-electron chi connectivity index (χ4n) is 0.701. The molecule has 1 aliphatic rings. The van der Waals surface area contributed by atoms with Gasteiger partial charge in [0.2, 0.25) is 0 Å². The van der Waals surface area contributed by atoms with Crippen molar-refractivity contribution in [2.75, 3.05) is 0 Å². The molecule has 1 rings (SSSR count). The van der Waals surface area contributed by atoms with Crippen LogP contribution in [0.25, 0.3) is 0 Å². The number of allylic oxidation sites excluding steroid dienone is 1. The molecule has 56 valence electrons. The lowest BCUT2D eigenvalue weighted by Crippen LogP contribution is -2.27. The lowest BCUT2D eigenvalue weighted by atomic mass is 10.2. The third-order valence-electron chi connectivity index (χ3n) is 1.23. The third-order valence-corrected chi connectivity index (χ3v) is 1.23. The van der Waals surface area contributed by atoms with E-state index in [2.05, 4.69) is 4.99 Å². The van der Waals surface area contributed by atoms with Crippen LogP contribution in [-0.2, 0) is 0 Å². The molecule has 0 aromatic heterocycles. The predicted molar refractivity (Wildman–Crippen MR) is 32.1 cm³/mol. The third kappa shape index (κ3) is 1.59. The molecule has 4 heteroatoms. The van der Waals surface area contributed by atoms with Crippen molar-refractivity contribution in [1.82, 2.24) is 0 Å². The number of alkyl halides is 3. The van der Waals surface area contributed by atoms with Crippen LogP contribution < -0.4 is 0 Å². The Labute approximate surface area is 56.3 Å². The molecule has 0 bridgehead atoms. The lowest BCUT2D eigenvalue weighted by Gasteiger charge is -2.15. The van der Waals surface area contributed by atoms with E-state index in [-0.39, 0.29) is 6.42 Å². The summed E-state index contributed by atoms with van der Waals surface area (Å²) in [6.45, 7) is 0. The van der Waals surface area contributed by atoms with Crippen LogP contribution in [0.5, 0.6) is 0 Å². The molecule has 1 unspecified atom stereocenters. The molecule has 0 N–H and O–H groups in total. The van der Waals surface area contributed by atoms with E-state index in [1.165, 1.54) is 18.4 Å². The molecule has 0 aliphatic carbocycles. The SMILES string of the molecule is FC(F)(F)C1CC=CC=N1. The summed E-state index contributed by atoms with van der Waals surface area (Å²) in [4.78, 5) is 3.26. The van der Waals surface area contributed by atoms with Gasteiger partial charge in [-0.15, -0.1) is 0 Å². The number of rotatable bonds is 0. The molecule has 10 heavy (non-hydrogen) atoms. The molecule has 1 atom stereocenters. The van der Waals surface area contributed by atoms with Crippen LogP contribution in [0.3, 0.4) is 0 Å². The average Bonchev–Trinajstić information content (AvgIpc) is 1.88. The smallest absolute Gasteiger partial charge is 0.280 e. The molecule has 0 amide bonds. The Bertz CT molecular complexity index is 168. The first-order chi connectivity index (χ1) is 4.61. The molecular formula is C6H6F3N. The van der Waals surface area contributed by atoms with Crippen LogP contribution >= 0.6 is 0 Å². The molecule has 0 fully saturated rings. The molecule has 0 radical (unpaired) electrons. The van der Waals surface area contributed by atoms with E-state index < -0.39 is 12.2 Å². The summed E-state index contributed by atoms with van der Waals surface area (Å²) in [6, 6.07) is -1.52. The van der Waals surface area contributed by atoms with Gasteiger partial charge in [-0.1, -0.05) is 6.08 Å². The molecule has 0 saturated heterocycles. The van der Waals surface area contributed by atoms with E-state index in [0.717, 1.165) is 0 Å². The van der Waals surface area contributed by atoms with Crippen molar-refractivity contribution in [2.24, 2.45) is 4.99 Å². The Morgan fingerprint density at radius 2 is 2.10 bits per heavy atom. The van der Waals surface area contributed by atoms with Gasteiger partial charge in [-0.3, -0.25) is 4.99 Å². The molecule has 0 aromatic rings. The number of aliphatic imine (C=N–C) groups is 1. The topological polar surface area (TPSA) is 12.4 Å². The maximum Gasteiger partial charge on any atom is 0.411 e. The molecule has 0 spiro atoms. The highest BCUT2D eigenvalue weighted by molar-refractivity contribution is 5.72. The average molecular weight is 149 g/mol. The zero-order valence-corrected chi connectivity index (χ0v) is 5.10. The second kappa shape index (κ2) is 2.44. The largest absolute Gasteiger partial charge is 0.411 e. The van der Waals surface area contributed by atoms with E-state index in [1.807, 2.05) is 0 Å². The van der Waals surface area contributed by atoms with E-state index >= 15 is 0 Å². The highest BCUT2D eigenvalue weighted by atomic mass is 19.4. The Morgan fingerprint density at radius 3 is 2.40 bits per heavy atom. The van der Waals surface area contributed by atoms with Gasteiger partial charge in [0.25, 0.3) is 0 Å². The van der Waals surface area contributed by atoms with Crippen LogP contribution in [0, 0.1) is 0 Å². The van der Waals surface area contributed by atoms with Crippen LogP contribution in [0.15, 0.2) is 17.1 Å². The van der Waals surface area contributed by atoms with Crippen LogP contribution in [0.4, 0.5) is 13.2 Å². The molecular weight excluding hydrogens is 143 g/mol. The zero-order valence-electron chi connectivity index (χ0n) is 5.10. The van der Waals surface area contributed by atoms with Gasteiger partial charge in [-0.25, -0.2) is 0 Å². The van der Waals surface area contributed by atoms with Gasteiger partial charge >= 0.3 is 6.18 Å². The summed E-state index contributed by atoms with van der Waals surface area (Å²) in [7, 11) is 0. The highest BCUT2D eigenvalue weighted by Gasteiger charge is 2.38. The van der Waals surface area contributed by atoms with Crippen molar-refractivity contribution in [3.8, 4) is 0 Å². The summed E-state index contributed by atoms with van der Waals surface area (Å²) in [5.74, 6) is 0. The normalized spacial score (nSPS) is 25.3. The van der Waals surface area contributed by atoms with Gasteiger partial charge in [0, 0.05) is 6.21 Å². The molecule has 1 nitrogen and oxygen atoms in total. The van der Waals surface area contributed by atoms with Crippen molar-refractivity contribution >= 4 is 6.21 Å². The van der Waals surface area contributed by atoms with Crippen molar-refractivity contribution in [3.05, 3.63) is 12.2 Å². The van der Waals surface area contributed by atoms with Gasteiger partial charge in [0.1, 0.15) is 6.04 Å². The van der Waals surface area contributed by atoms with Crippen molar-refractivity contribution < 1.29 is 13.2 Å². The summed E-state index contributed by atoms with van der Waals surface area (Å²) in [5, 5.41) is 0. The second-order valence-corrected chi connectivity index (χ2v) is 2.02. The number of nitrogens with zero attached hydrogens (tertiary/aromatic N) is 1. The molecule has 0 aromatic carbocycles. The summed E-state index contributed by atoms with van der Waals surface area (Å²) in [6.07, 6.45) is -0.0453. The summed E-state index contributed by atoms with van der Waals surface area (Å²) in [5.41, 5.74) is 0. The quantitative estimate of drug-likeness (QED) is 0.499. The van der Waals surface area contributed by atoms with Gasteiger partial charge in [-0.05, 0) is 12.5 Å². The first-order valence-electron chi connectivity index (χ1n) is 2.86. The van der Waals surface area contributed by atoms with Crippen molar-refractivity contribution in [3.63, 3.8) is 0 Å². The maximum atomic E-state index is 11.8. The Hall–Kier alpha value is -0.800. The first-order valence-corrected chi connectivity index (χ1v) is 2.86. The lowest BCUT2D eigenvalue weighted by molar-refractivity contribution is -0.146. The minimum absolute atomic E-state index is 0.0278. The predicted octanol–water partition coefficient (Wildman–Crippen LogP) is 1.95. The second-order valence-electron chi connectivity index (χ2n) is 2.02. The van der Waals surface area contributed by atoms with Gasteiger partial charge in [0.15, 0.2) is 0 Å². The fourth-order valence-corrected chi connectivity index (χ4v) is 0.701. The van der Waals surface area contributed by atoms with E-state index in [4.69, 9.17) is 0 Å². The van der Waals surface area contributed by atoms with Gasteiger partial charge in [-0.2, -0.15) is 13.2 Å². The highest BCUT2D eigenvalue weighted by Crippen LogP contribution is 2.26. The Kier molecular flexibility index (Phi) is 1.78. The Balaban J connectivity index is 2.60. The summed E-state index contributed by atoms with van der Waals surface area (Å²) < 4.78 is 35.4. The zero-order chi connectivity index (χ0) is 7.61. The standard InChI is InChI=1S/C6H6F3N/c7-6(8,9)5-3-1-2-4-10-5/h1-2,4-5H,3H2. The van der Waals surface area contributed by atoms with Gasteiger partial charge in [0.05, 0.1) is 0 Å². The van der Waals surface area contributed by atoms with Crippen molar-refractivity contribution in [2.45, 2.75) is 18.6 Å². The Morgan fingerprint density at radius 1 is 1.40 bits per heavy atom. The summed E-state index contributed by atoms with van der Waals surface area (Å²) >= 11 is 0. The van der Waals surface area contributed by atoms with E-state index in [9.17, 15) is 13.2 Å². The van der Waals surface area contributed by atoms with Crippen LogP contribution in [-0.4, -0.2) is 18.4 Å². The molecule has 1 heterocycles. The fraction of sp³-hybridized carbons (Fsp3) is 0.500. The molecule has 0 saturated carbocycles. The van der Waals surface area contributed by atoms with Gasteiger partial charge < -0.3 is 0 Å². The van der Waals surface area contributed by atoms with Crippen molar-refractivity contribution in [1.29, 1.82) is 0 Å². The number of hydrogen-bond acceptors (Lipinski definition) is 1. The number of dihydropyridines is 1. The monoisotopic (exact) mass is 149 g/mol. The van der Waals surface area contributed by atoms with Crippen LogP contribution in [0.2, 0.25) is 0 Å². The minimum atomic E-state index is -4.18. The number of hydrogen-bond donors (Lipinski definition) is 0. The maximum absolute atomic E-state index is 11.8. The minimum Gasteiger partial charge on any atom is -0.280 e. The first kappa shape index (κ1) is 7.31.